The van der Waals surface area contributed by atoms with E-state index in [1.807, 2.05) is 7.05 Å². The van der Waals surface area contributed by atoms with E-state index in [0.29, 0.717) is 11.5 Å². The van der Waals surface area contributed by atoms with E-state index < -0.39 is 0 Å². The third-order valence-electron chi connectivity index (χ3n) is 6.47. The maximum absolute atomic E-state index is 5.66. The molecule has 2 unspecified atom stereocenters. The van der Waals surface area contributed by atoms with Crippen molar-refractivity contribution in [3.8, 4) is 0 Å². The second-order valence-electron chi connectivity index (χ2n) is 8.24. The Morgan fingerprint density at radius 1 is 1.26 bits per heavy atom. The highest BCUT2D eigenvalue weighted by Crippen LogP contribution is 2.38. The molecule has 1 N–H and O–H groups in total. The lowest BCUT2D eigenvalue weighted by atomic mass is 9.87. The van der Waals surface area contributed by atoms with Gasteiger partial charge in [-0.1, -0.05) is 24.3 Å². The molecule has 0 saturated carbocycles. The van der Waals surface area contributed by atoms with Gasteiger partial charge in [0.05, 0.1) is 6.61 Å². The summed E-state index contributed by atoms with van der Waals surface area (Å²) in [6, 6.07) is 9.35. The van der Waals surface area contributed by atoms with Crippen LogP contribution in [-0.4, -0.2) is 68.2 Å². The van der Waals surface area contributed by atoms with Crippen molar-refractivity contribution in [2.75, 3.05) is 46.4 Å². The van der Waals surface area contributed by atoms with E-state index in [-0.39, 0.29) is 24.0 Å². The summed E-state index contributed by atoms with van der Waals surface area (Å²) >= 11 is 0. The molecule has 6 heteroatoms. The molecule has 1 aromatic carbocycles. The number of benzene rings is 1. The van der Waals surface area contributed by atoms with Gasteiger partial charge in [-0.3, -0.25) is 9.89 Å². The summed E-state index contributed by atoms with van der Waals surface area (Å²) in [7, 11) is 1.90. The summed E-state index contributed by atoms with van der Waals surface area (Å²) < 4.78 is 5.66. The SMILES string of the molecule is CN=C(NCC(C)N1CCc2ccccc2C1)N1CCC2(CCOC2)C1.I. The number of nitrogens with one attached hydrogen (secondary N) is 1. The zero-order chi connectivity index (χ0) is 18.0. The average molecular weight is 484 g/mol. The zero-order valence-corrected chi connectivity index (χ0v) is 18.9. The molecule has 3 heterocycles. The highest BCUT2D eigenvalue weighted by Gasteiger charge is 2.42. The fraction of sp³-hybridized carbons (Fsp3) is 0.667. The minimum absolute atomic E-state index is 0. The summed E-state index contributed by atoms with van der Waals surface area (Å²) in [5.74, 6) is 1.05. The van der Waals surface area contributed by atoms with E-state index in [1.165, 1.54) is 24.0 Å². The van der Waals surface area contributed by atoms with Gasteiger partial charge in [-0.15, -0.1) is 24.0 Å². The van der Waals surface area contributed by atoms with Gasteiger partial charge < -0.3 is 15.0 Å². The van der Waals surface area contributed by atoms with Crippen LogP contribution in [0.2, 0.25) is 0 Å². The Hall–Kier alpha value is -0.860. The summed E-state index contributed by atoms with van der Waals surface area (Å²) in [6.45, 7) is 9.48. The molecular weight excluding hydrogens is 451 g/mol. The van der Waals surface area contributed by atoms with Gasteiger partial charge >= 0.3 is 0 Å². The molecule has 2 atom stereocenters. The first kappa shape index (κ1) is 20.9. The Kier molecular flexibility index (Phi) is 7.03. The van der Waals surface area contributed by atoms with Crippen molar-refractivity contribution in [2.45, 2.75) is 38.8 Å². The maximum atomic E-state index is 5.66. The quantitative estimate of drug-likeness (QED) is 0.407. The van der Waals surface area contributed by atoms with Crippen LogP contribution in [-0.2, 0) is 17.7 Å². The number of halogens is 1. The largest absolute Gasteiger partial charge is 0.381 e. The minimum Gasteiger partial charge on any atom is -0.381 e. The van der Waals surface area contributed by atoms with Gasteiger partial charge in [-0.2, -0.15) is 0 Å². The fourth-order valence-corrected chi connectivity index (χ4v) is 4.68. The molecular formula is C21H33IN4O. The van der Waals surface area contributed by atoms with Gasteiger partial charge in [-0.25, -0.2) is 0 Å². The zero-order valence-electron chi connectivity index (χ0n) is 16.6. The van der Waals surface area contributed by atoms with Gasteiger partial charge in [0.2, 0.25) is 0 Å². The minimum atomic E-state index is 0. The van der Waals surface area contributed by atoms with Crippen molar-refractivity contribution in [3.63, 3.8) is 0 Å². The third kappa shape index (κ3) is 4.59. The standard InChI is InChI=1S/C21H32N4O.HI/c1-17(24-10-7-18-5-3-4-6-19(18)14-24)13-23-20(22-2)25-11-8-21(15-25)9-12-26-16-21;/h3-6,17H,7-16H2,1-2H3,(H,22,23);1H. The maximum Gasteiger partial charge on any atom is 0.193 e. The van der Waals surface area contributed by atoms with E-state index in [0.717, 1.165) is 58.3 Å². The van der Waals surface area contributed by atoms with Crippen LogP contribution < -0.4 is 5.32 Å². The molecule has 1 spiro atoms. The number of nitrogens with zero attached hydrogens (tertiary/aromatic N) is 3. The topological polar surface area (TPSA) is 40.1 Å². The number of fused-ring (bicyclic) bond motifs is 1. The number of aliphatic imine (C=N–C) groups is 1. The molecule has 0 aliphatic carbocycles. The summed E-state index contributed by atoms with van der Waals surface area (Å²) in [5.41, 5.74) is 3.37. The van der Waals surface area contributed by atoms with Crippen molar-refractivity contribution >= 4 is 29.9 Å². The van der Waals surface area contributed by atoms with Crippen LogP contribution in [0.25, 0.3) is 0 Å². The first-order valence-electron chi connectivity index (χ1n) is 10.0. The van der Waals surface area contributed by atoms with Crippen LogP contribution in [0.3, 0.4) is 0 Å². The molecule has 0 amide bonds. The highest BCUT2D eigenvalue weighted by molar-refractivity contribution is 14.0. The lowest BCUT2D eigenvalue weighted by molar-refractivity contribution is 0.156. The Morgan fingerprint density at radius 3 is 2.81 bits per heavy atom. The Morgan fingerprint density at radius 2 is 2.07 bits per heavy atom. The van der Waals surface area contributed by atoms with Crippen molar-refractivity contribution in [1.82, 2.24) is 15.1 Å². The normalized spacial score (nSPS) is 26.7. The van der Waals surface area contributed by atoms with Crippen molar-refractivity contribution in [2.24, 2.45) is 10.4 Å². The van der Waals surface area contributed by atoms with Crippen molar-refractivity contribution in [3.05, 3.63) is 35.4 Å². The number of ether oxygens (including phenoxy) is 1. The molecule has 5 nitrogen and oxygen atoms in total. The molecule has 150 valence electrons. The number of rotatable bonds is 3. The fourth-order valence-electron chi connectivity index (χ4n) is 4.68. The predicted molar refractivity (Wildman–Crippen MR) is 121 cm³/mol. The first-order valence-corrected chi connectivity index (χ1v) is 10.0. The third-order valence-corrected chi connectivity index (χ3v) is 6.47. The average Bonchev–Trinajstić information content (AvgIpc) is 3.32. The van der Waals surface area contributed by atoms with Crippen molar-refractivity contribution < 1.29 is 4.74 Å². The second kappa shape index (κ2) is 9.09. The highest BCUT2D eigenvalue weighted by atomic mass is 127. The van der Waals surface area contributed by atoms with Crippen LogP contribution in [0.5, 0.6) is 0 Å². The molecule has 2 saturated heterocycles. The summed E-state index contributed by atoms with van der Waals surface area (Å²) in [6.07, 6.45) is 3.58. The van der Waals surface area contributed by atoms with E-state index in [9.17, 15) is 0 Å². The van der Waals surface area contributed by atoms with Gasteiger partial charge in [0.25, 0.3) is 0 Å². The number of likely N-dealkylation sites (tertiary alicyclic amines) is 1. The second-order valence-corrected chi connectivity index (χ2v) is 8.24. The molecule has 4 rings (SSSR count). The van der Waals surface area contributed by atoms with E-state index in [1.54, 1.807) is 0 Å². The molecule has 3 aliphatic rings. The van der Waals surface area contributed by atoms with Crippen LogP contribution in [0.1, 0.15) is 30.9 Å². The van der Waals surface area contributed by atoms with Crippen LogP contribution in [0.4, 0.5) is 0 Å². The van der Waals surface area contributed by atoms with Crippen LogP contribution in [0.15, 0.2) is 29.3 Å². The Balaban J connectivity index is 0.00000210. The lowest BCUT2D eigenvalue weighted by Gasteiger charge is -2.34. The Labute approximate surface area is 180 Å². The smallest absolute Gasteiger partial charge is 0.193 e. The van der Waals surface area contributed by atoms with Gasteiger partial charge in [0.15, 0.2) is 5.96 Å². The molecule has 0 radical (unpaired) electrons. The first-order chi connectivity index (χ1) is 12.7. The van der Waals surface area contributed by atoms with E-state index in [4.69, 9.17) is 4.74 Å². The van der Waals surface area contributed by atoms with Gasteiger partial charge in [0.1, 0.15) is 0 Å². The summed E-state index contributed by atoms with van der Waals surface area (Å²) in [4.78, 5) is 9.56. The van der Waals surface area contributed by atoms with Crippen LogP contribution in [0, 0.1) is 5.41 Å². The molecule has 3 aliphatic heterocycles. The monoisotopic (exact) mass is 484 g/mol. The Bertz CT molecular complexity index is 659. The van der Waals surface area contributed by atoms with Crippen molar-refractivity contribution in [1.29, 1.82) is 0 Å². The van der Waals surface area contributed by atoms with Gasteiger partial charge in [-0.05, 0) is 37.3 Å². The number of hydrogen-bond donors (Lipinski definition) is 1. The molecule has 2 fully saturated rings. The van der Waals surface area contributed by atoms with Gasteiger partial charge in [0, 0.05) is 57.8 Å². The van der Waals surface area contributed by atoms with E-state index >= 15 is 0 Å². The summed E-state index contributed by atoms with van der Waals surface area (Å²) in [5, 5.41) is 3.63. The molecule has 0 aromatic heterocycles. The predicted octanol–water partition coefficient (Wildman–Crippen LogP) is 2.74. The lowest BCUT2D eigenvalue weighted by Crippen LogP contribution is -2.48. The number of guanidine groups is 1. The molecule has 1 aromatic rings. The van der Waals surface area contributed by atoms with E-state index in [2.05, 4.69) is 51.3 Å². The molecule has 0 bridgehead atoms. The number of hydrogen-bond acceptors (Lipinski definition) is 3. The van der Waals surface area contributed by atoms with Crippen LogP contribution >= 0.6 is 24.0 Å². The molecule has 27 heavy (non-hydrogen) atoms.